The highest BCUT2D eigenvalue weighted by Gasteiger charge is 2.19. The summed E-state index contributed by atoms with van der Waals surface area (Å²) in [7, 11) is 0. The number of carbonyl (C=O) groups excluding carboxylic acids is 2. The minimum atomic E-state index is -0.664. The molecule has 0 aromatic heterocycles. The van der Waals surface area contributed by atoms with Crippen molar-refractivity contribution in [2.75, 3.05) is 6.61 Å². The normalized spacial score (nSPS) is 12.8. The van der Waals surface area contributed by atoms with Gasteiger partial charge in [0, 0.05) is 5.92 Å². The van der Waals surface area contributed by atoms with Gasteiger partial charge in [0.05, 0.1) is 13.0 Å². The molecular formula is C12H19ClO4. The zero-order valence-electron chi connectivity index (χ0n) is 10.7. The van der Waals surface area contributed by atoms with Crippen molar-refractivity contribution in [1.29, 1.82) is 0 Å². The molecule has 0 fully saturated rings. The summed E-state index contributed by atoms with van der Waals surface area (Å²) in [5, 5.41) is -0.172. The van der Waals surface area contributed by atoms with Gasteiger partial charge in [-0.05, 0) is 20.8 Å². The summed E-state index contributed by atoms with van der Waals surface area (Å²) in [4.78, 5) is 22.4. The predicted octanol–water partition coefficient (Wildman–Crippen LogP) is 2.65. The smallest absolute Gasteiger partial charge is 0.349 e. The van der Waals surface area contributed by atoms with Gasteiger partial charge < -0.3 is 9.47 Å². The first-order valence-corrected chi connectivity index (χ1v) is 5.73. The Kier molecular flexibility index (Phi) is 6.24. The molecule has 0 spiro atoms. The van der Waals surface area contributed by atoms with Gasteiger partial charge in [-0.2, -0.15) is 0 Å². The van der Waals surface area contributed by atoms with Crippen LogP contribution in [0.25, 0.3) is 0 Å². The average molecular weight is 263 g/mol. The summed E-state index contributed by atoms with van der Waals surface area (Å²) in [5.74, 6) is -1.10. The van der Waals surface area contributed by atoms with E-state index >= 15 is 0 Å². The second-order valence-electron chi connectivity index (χ2n) is 4.90. The zero-order valence-corrected chi connectivity index (χ0v) is 11.5. The third-order valence-corrected chi connectivity index (χ3v) is 1.81. The van der Waals surface area contributed by atoms with E-state index in [2.05, 4.69) is 6.58 Å². The lowest BCUT2D eigenvalue weighted by Gasteiger charge is -2.20. The third kappa shape index (κ3) is 8.74. The van der Waals surface area contributed by atoms with E-state index in [9.17, 15) is 9.59 Å². The van der Waals surface area contributed by atoms with Crippen molar-refractivity contribution in [2.45, 2.75) is 39.7 Å². The highest BCUT2D eigenvalue weighted by Crippen LogP contribution is 2.12. The van der Waals surface area contributed by atoms with Crippen LogP contribution in [0.4, 0.5) is 0 Å². The Morgan fingerprint density at radius 3 is 2.29 bits per heavy atom. The van der Waals surface area contributed by atoms with Crippen molar-refractivity contribution in [3.63, 3.8) is 0 Å². The molecule has 17 heavy (non-hydrogen) atoms. The molecule has 0 rings (SSSR count). The molecule has 0 saturated carbocycles. The maximum absolute atomic E-state index is 11.4. The van der Waals surface area contributed by atoms with E-state index in [1.54, 1.807) is 27.7 Å². The van der Waals surface area contributed by atoms with Crippen LogP contribution in [-0.2, 0) is 19.1 Å². The first-order valence-electron chi connectivity index (χ1n) is 5.35. The minimum Gasteiger partial charge on any atom is -0.461 e. The number of carbonyl (C=O) groups is 2. The number of ether oxygens (including phenoxy) is 2. The molecular weight excluding hydrogens is 244 g/mol. The van der Waals surface area contributed by atoms with Gasteiger partial charge in [0.25, 0.3) is 0 Å². The SMILES string of the molecule is C=C(Cl)C(=O)OCC(C)CC(=O)OC(C)(C)C. The van der Waals surface area contributed by atoms with Crippen LogP contribution in [-0.4, -0.2) is 24.1 Å². The van der Waals surface area contributed by atoms with E-state index < -0.39 is 11.6 Å². The van der Waals surface area contributed by atoms with E-state index in [-0.39, 0.29) is 29.9 Å². The Balaban J connectivity index is 3.94. The number of hydrogen-bond donors (Lipinski definition) is 0. The first-order chi connectivity index (χ1) is 7.61. The van der Waals surface area contributed by atoms with Crippen molar-refractivity contribution < 1.29 is 19.1 Å². The molecule has 0 aromatic rings. The summed E-state index contributed by atoms with van der Waals surface area (Å²) in [6.45, 7) is 10.5. The molecule has 0 aliphatic heterocycles. The average Bonchev–Trinajstić information content (AvgIpc) is 2.10. The third-order valence-electron chi connectivity index (χ3n) is 1.66. The van der Waals surface area contributed by atoms with Crippen molar-refractivity contribution >= 4 is 23.5 Å². The van der Waals surface area contributed by atoms with Gasteiger partial charge >= 0.3 is 11.9 Å². The summed E-state index contributed by atoms with van der Waals surface area (Å²) in [5.41, 5.74) is -0.502. The molecule has 0 aliphatic carbocycles. The van der Waals surface area contributed by atoms with Crippen LogP contribution in [0.3, 0.4) is 0 Å². The first kappa shape index (κ1) is 16.0. The Labute approximate surface area is 107 Å². The fraction of sp³-hybridized carbons (Fsp3) is 0.667. The van der Waals surface area contributed by atoms with E-state index in [1.165, 1.54) is 0 Å². The second kappa shape index (κ2) is 6.64. The Morgan fingerprint density at radius 2 is 1.88 bits per heavy atom. The highest BCUT2D eigenvalue weighted by atomic mass is 35.5. The Bertz CT molecular complexity index is 304. The van der Waals surface area contributed by atoms with Crippen LogP contribution in [0.5, 0.6) is 0 Å². The van der Waals surface area contributed by atoms with E-state index in [0.29, 0.717) is 0 Å². The van der Waals surface area contributed by atoms with Crippen molar-refractivity contribution in [3.05, 3.63) is 11.6 Å². The minimum absolute atomic E-state index is 0.115. The van der Waals surface area contributed by atoms with Crippen LogP contribution in [0.15, 0.2) is 11.6 Å². The fourth-order valence-electron chi connectivity index (χ4n) is 1.02. The monoisotopic (exact) mass is 262 g/mol. The van der Waals surface area contributed by atoms with Crippen LogP contribution in [0.2, 0.25) is 0 Å². The molecule has 0 aromatic carbocycles. The molecule has 4 nitrogen and oxygen atoms in total. The molecule has 1 atom stereocenters. The summed E-state index contributed by atoms with van der Waals surface area (Å²) < 4.78 is 9.96. The van der Waals surface area contributed by atoms with Gasteiger partial charge in [-0.3, -0.25) is 4.79 Å². The maximum Gasteiger partial charge on any atom is 0.349 e. The van der Waals surface area contributed by atoms with Gasteiger partial charge in [-0.1, -0.05) is 25.1 Å². The van der Waals surface area contributed by atoms with Gasteiger partial charge in [0.2, 0.25) is 0 Å². The standard InChI is InChI=1S/C12H19ClO4/c1-8(7-16-11(15)9(2)13)6-10(14)17-12(3,4)5/h8H,2,6-7H2,1,3-5H3. The molecule has 0 N–H and O–H groups in total. The van der Waals surface area contributed by atoms with Crippen molar-refractivity contribution in [1.82, 2.24) is 0 Å². The van der Waals surface area contributed by atoms with Gasteiger partial charge in [-0.15, -0.1) is 0 Å². The van der Waals surface area contributed by atoms with Crippen molar-refractivity contribution in [3.8, 4) is 0 Å². The van der Waals surface area contributed by atoms with Crippen molar-refractivity contribution in [2.24, 2.45) is 5.92 Å². The lowest BCUT2D eigenvalue weighted by molar-refractivity contribution is -0.157. The lowest BCUT2D eigenvalue weighted by Crippen LogP contribution is -2.26. The molecule has 0 heterocycles. The summed E-state index contributed by atoms with van der Waals surface area (Å²) >= 11 is 5.34. The van der Waals surface area contributed by atoms with Crippen LogP contribution in [0, 0.1) is 5.92 Å². The quantitative estimate of drug-likeness (QED) is 0.565. The number of halogens is 1. The van der Waals surface area contributed by atoms with Gasteiger partial charge in [-0.25, -0.2) is 4.79 Å². The summed E-state index contributed by atoms with van der Waals surface area (Å²) in [6.07, 6.45) is 0.194. The number of esters is 2. The molecule has 0 radical (unpaired) electrons. The lowest BCUT2D eigenvalue weighted by atomic mass is 10.1. The Morgan fingerprint density at radius 1 is 1.35 bits per heavy atom. The topological polar surface area (TPSA) is 52.6 Å². The predicted molar refractivity (Wildman–Crippen MR) is 65.6 cm³/mol. The Hall–Kier alpha value is -1.03. The van der Waals surface area contributed by atoms with Crippen LogP contribution >= 0.6 is 11.6 Å². The fourth-order valence-corrected chi connectivity index (χ4v) is 1.08. The van der Waals surface area contributed by atoms with Gasteiger partial charge in [0.15, 0.2) is 0 Å². The molecule has 0 aliphatic rings. The molecule has 0 amide bonds. The largest absolute Gasteiger partial charge is 0.461 e. The molecule has 0 saturated heterocycles. The van der Waals surface area contributed by atoms with Gasteiger partial charge in [0.1, 0.15) is 10.6 Å². The van der Waals surface area contributed by atoms with E-state index in [1.807, 2.05) is 0 Å². The summed E-state index contributed by atoms with van der Waals surface area (Å²) in [6, 6.07) is 0. The zero-order chi connectivity index (χ0) is 13.6. The number of hydrogen-bond acceptors (Lipinski definition) is 4. The van der Waals surface area contributed by atoms with Crippen LogP contribution < -0.4 is 0 Å². The van der Waals surface area contributed by atoms with Crippen LogP contribution in [0.1, 0.15) is 34.1 Å². The maximum atomic E-state index is 11.4. The highest BCUT2D eigenvalue weighted by molar-refractivity contribution is 6.40. The molecule has 5 heteroatoms. The molecule has 1 unspecified atom stereocenters. The molecule has 0 bridgehead atoms. The van der Waals surface area contributed by atoms with E-state index in [0.717, 1.165) is 0 Å². The second-order valence-corrected chi connectivity index (χ2v) is 5.36. The number of rotatable bonds is 5. The van der Waals surface area contributed by atoms with E-state index in [4.69, 9.17) is 21.1 Å². The molecule has 98 valence electrons.